The molecule has 0 spiro atoms. The maximum atomic E-state index is 11.2. The maximum absolute atomic E-state index is 11.2. The van der Waals surface area contributed by atoms with Gasteiger partial charge in [-0.05, 0) is 46.7 Å². The van der Waals surface area contributed by atoms with Crippen molar-refractivity contribution in [2.75, 3.05) is 12.9 Å². The van der Waals surface area contributed by atoms with E-state index in [4.69, 9.17) is 8.92 Å². The van der Waals surface area contributed by atoms with E-state index in [1.54, 1.807) is 0 Å². The Bertz CT molecular complexity index is 1270. The third-order valence-corrected chi connectivity index (χ3v) is 5.14. The smallest absolute Gasteiger partial charge is 0.264 e. The molecule has 148 valence electrons. The van der Waals surface area contributed by atoms with Gasteiger partial charge in [0.2, 0.25) is 0 Å². The van der Waals surface area contributed by atoms with Gasteiger partial charge in [0, 0.05) is 17.5 Å². The van der Waals surface area contributed by atoms with E-state index in [0.717, 1.165) is 44.9 Å². The van der Waals surface area contributed by atoms with Crippen molar-refractivity contribution in [3.63, 3.8) is 0 Å². The van der Waals surface area contributed by atoms with Crippen LogP contribution in [0.4, 0.5) is 0 Å². The van der Waals surface area contributed by atoms with Crippen molar-refractivity contribution in [2.45, 2.75) is 13.0 Å². The Morgan fingerprint density at radius 1 is 0.862 bits per heavy atom. The fourth-order valence-corrected chi connectivity index (χ4v) is 3.50. The zero-order valence-corrected chi connectivity index (χ0v) is 16.9. The molecule has 4 rings (SSSR count). The van der Waals surface area contributed by atoms with E-state index in [2.05, 4.69) is 11.1 Å². The summed E-state index contributed by atoms with van der Waals surface area (Å²) >= 11 is 0. The molecule has 0 bridgehead atoms. The first-order valence-electron chi connectivity index (χ1n) is 9.31. The minimum atomic E-state index is -3.47. The van der Waals surface area contributed by atoms with Gasteiger partial charge >= 0.3 is 0 Å². The van der Waals surface area contributed by atoms with Crippen molar-refractivity contribution in [3.8, 4) is 5.75 Å². The van der Waals surface area contributed by atoms with Gasteiger partial charge in [-0.3, -0.25) is 9.17 Å². The normalized spacial score (nSPS) is 11.8. The molecular formula is C23H21NO4S. The van der Waals surface area contributed by atoms with Gasteiger partial charge in [0.05, 0.1) is 25.0 Å². The molecule has 1 aromatic heterocycles. The first kappa shape index (κ1) is 19.4. The van der Waals surface area contributed by atoms with Gasteiger partial charge in [-0.2, -0.15) is 8.42 Å². The average molecular weight is 407 g/mol. The SMILES string of the molecule is CS(=O)(=O)OCc1ccc2ccc(OCCc3ccc4ccccc4n3)cc2c1. The summed E-state index contributed by atoms with van der Waals surface area (Å²) in [6.45, 7) is 0.543. The Hall–Kier alpha value is -2.96. The highest BCUT2D eigenvalue weighted by atomic mass is 32.2. The van der Waals surface area contributed by atoms with Gasteiger partial charge in [0.1, 0.15) is 5.75 Å². The van der Waals surface area contributed by atoms with E-state index < -0.39 is 10.1 Å². The molecule has 0 atom stereocenters. The Morgan fingerprint density at radius 3 is 2.52 bits per heavy atom. The van der Waals surface area contributed by atoms with Crippen LogP contribution >= 0.6 is 0 Å². The quantitative estimate of drug-likeness (QED) is 0.423. The van der Waals surface area contributed by atoms with Gasteiger partial charge in [-0.15, -0.1) is 0 Å². The van der Waals surface area contributed by atoms with Crippen LogP contribution in [0.25, 0.3) is 21.7 Å². The lowest BCUT2D eigenvalue weighted by Gasteiger charge is -2.09. The first-order chi connectivity index (χ1) is 14.0. The van der Waals surface area contributed by atoms with Crippen LogP contribution in [-0.2, 0) is 27.3 Å². The number of aromatic nitrogens is 1. The van der Waals surface area contributed by atoms with Gasteiger partial charge in [-0.25, -0.2) is 0 Å². The molecule has 3 aromatic carbocycles. The van der Waals surface area contributed by atoms with Crippen LogP contribution in [0.2, 0.25) is 0 Å². The van der Waals surface area contributed by atoms with E-state index in [-0.39, 0.29) is 6.61 Å². The standard InChI is InChI=1S/C23H21NO4S/c1-29(25,26)28-16-17-6-7-18-9-11-22(15-20(18)14-17)27-13-12-21-10-8-19-4-2-3-5-23(19)24-21/h2-11,14-15H,12-13,16H2,1H3. The number of benzene rings is 3. The molecule has 0 aliphatic heterocycles. The molecule has 0 unspecified atom stereocenters. The molecular weight excluding hydrogens is 386 g/mol. The van der Waals surface area contributed by atoms with Crippen LogP contribution in [-0.4, -0.2) is 26.3 Å². The third-order valence-electron chi connectivity index (χ3n) is 4.60. The van der Waals surface area contributed by atoms with E-state index in [0.29, 0.717) is 13.0 Å². The van der Waals surface area contributed by atoms with Crippen molar-refractivity contribution < 1.29 is 17.3 Å². The van der Waals surface area contributed by atoms with Gasteiger partial charge in [-0.1, -0.05) is 42.5 Å². The highest BCUT2D eigenvalue weighted by Crippen LogP contribution is 2.23. The number of hydrogen-bond acceptors (Lipinski definition) is 5. The summed E-state index contributed by atoms with van der Waals surface area (Å²) in [7, 11) is -3.47. The molecule has 0 saturated carbocycles. The van der Waals surface area contributed by atoms with E-state index >= 15 is 0 Å². The lowest BCUT2D eigenvalue weighted by Crippen LogP contribution is -2.03. The summed E-state index contributed by atoms with van der Waals surface area (Å²) in [5, 5.41) is 3.15. The van der Waals surface area contributed by atoms with Gasteiger partial charge < -0.3 is 4.74 Å². The molecule has 4 aromatic rings. The number of nitrogens with zero attached hydrogens (tertiary/aromatic N) is 1. The third kappa shape index (κ3) is 5.10. The zero-order valence-electron chi connectivity index (χ0n) is 16.0. The zero-order chi connectivity index (χ0) is 20.3. The summed E-state index contributed by atoms with van der Waals surface area (Å²) in [4.78, 5) is 4.67. The lowest BCUT2D eigenvalue weighted by molar-refractivity contribution is 0.312. The van der Waals surface area contributed by atoms with Crippen molar-refractivity contribution in [1.82, 2.24) is 4.98 Å². The molecule has 0 fully saturated rings. The predicted octanol–water partition coefficient (Wildman–Crippen LogP) is 4.49. The Balaban J connectivity index is 1.42. The van der Waals surface area contributed by atoms with Crippen LogP contribution in [0.3, 0.4) is 0 Å². The predicted molar refractivity (Wildman–Crippen MR) is 115 cm³/mol. The minimum Gasteiger partial charge on any atom is -0.493 e. The van der Waals surface area contributed by atoms with Crippen molar-refractivity contribution in [2.24, 2.45) is 0 Å². The molecule has 1 heterocycles. The monoisotopic (exact) mass is 407 g/mol. The Morgan fingerprint density at radius 2 is 1.66 bits per heavy atom. The minimum absolute atomic E-state index is 0.0213. The fourth-order valence-electron chi connectivity index (χ4n) is 3.15. The molecule has 0 aliphatic carbocycles. The topological polar surface area (TPSA) is 65.5 Å². The highest BCUT2D eigenvalue weighted by Gasteiger charge is 2.05. The second-order valence-corrected chi connectivity index (χ2v) is 8.55. The maximum Gasteiger partial charge on any atom is 0.264 e. The first-order valence-corrected chi connectivity index (χ1v) is 11.1. The summed E-state index contributed by atoms with van der Waals surface area (Å²) in [5.74, 6) is 0.763. The van der Waals surface area contributed by atoms with Crippen molar-refractivity contribution in [3.05, 3.63) is 84.1 Å². The van der Waals surface area contributed by atoms with E-state index in [9.17, 15) is 8.42 Å². The number of rotatable bonds is 7. The second-order valence-electron chi connectivity index (χ2n) is 6.90. The van der Waals surface area contributed by atoms with Crippen molar-refractivity contribution >= 4 is 31.8 Å². The van der Waals surface area contributed by atoms with Gasteiger partial charge in [0.15, 0.2) is 0 Å². The molecule has 6 heteroatoms. The summed E-state index contributed by atoms with van der Waals surface area (Å²) < 4.78 is 33.2. The van der Waals surface area contributed by atoms with Crippen molar-refractivity contribution in [1.29, 1.82) is 0 Å². The van der Waals surface area contributed by atoms with E-state index in [1.807, 2.05) is 66.7 Å². The number of pyridine rings is 1. The largest absolute Gasteiger partial charge is 0.493 e. The molecule has 0 N–H and O–H groups in total. The Kier molecular flexibility index (Phi) is 5.47. The molecule has 0 radical (unpaired) electrons. The second kappa shape index (κ2) is 8.19. The van der Waals surface area contributed by atoms with Crippen LogP contribution in [0, 0.1) is 0 Å². The van der Waals surface area contributed by atoms with Crippen LogP contribution in [0.15, 0.2) is 72.8 Å². The molecule has 0 aliphatic rings. The number of para-hydroxylation sites is 1. The lowest BCUT2D eigenvalue weighted by atomic mass is 10.1. The highest BCUT2D eigenvalue weighted by molar-refractivity contribution is 7.85. The Labute approximate surface area is 170 Å². The summed E-state index contributed by atoms with van der Waals surface area (Å²) in [6.07, 6.45) is 1.76. The average Bonchev–Trinajstić information content (AvgIpc) is 2.71. The molecule has 0 amide bonds. The molecule has 5 nitrogen and oxygen atoms in total. The number of hydrogen-bond donors (Lipinski definition) is 0. The van der Waals surface area contributed by atoms with Crippen LogP contribution in [0.5, 0.6) is 5.75 Å². The van der Waals surface area contributed by atoms with Crippen LogP contribution < -0.4 is 4.74 Å². The fraction of sp³-hybridized carbons (Fsp3) is 0.174. The summed E-state index contributed by atoms with van der Waals surface area (Å²) in [5.41, 5.74) is 2.77. The number of ether oxygens (including phenoxy) is 1. The van der Waals surface area contributed by atoms with Gasteiger partial charge in [0.25, 0.3) is 10.1 Å². The van der Waals surface area contributed by atoms with Crippen LogP contribution in [0.1, 0.15) is 11.3 Å². The summed E-state index contributed by atoms with van der Waals surface area (Å²) in [6, 6.07) is 23.7. The molecule has 0 saturated heterocycles. The van der Waals surface area contributed by atoms with E-state index in [1.165, 1.54) is 0 Å². The molecule has 29 heavy (non-hydrogen) atoms. The number of fused-ring (bicyclic) bond motifs is 2.